The Labute approximate surface area is 127 Å². The zero-order valence-corrected chi connectivity index (χ0v) is 12.7. The monoisotopic (exact) mass is 299 g/mol. The van der Waals surface area contributed by atoms with Crippen LogP contribution >= 0.6 is 11.8 Å². The minimum Gasteiger partial charge on any atom is -0.454 e. The van der Waals surface area contributed by atoms with Crippen molar-refractivity contribution in [2.24, 2.45) is 7.05 Å². The van der Waals surface area contributed by atoms with E-state index in [4.69, 9.17) is 9.47 Å². The van der Waals surface area contributed by atoms with Crippen LogP contribution in [0, 0.1) is 0 Å². The van der Waals surface area contributed by atoms with Crippen molar-refractivity contribution >= 4 is 23.5 Å². The van der Waals surface area contributed by atoms with Gasteiger partial charge in [0.25, 0.3) is 0 Å². The van der Waals surface area contributed by atoms with E-state index >= 15 is 0 Å². The molecule has 4 rings (SSSR count). The molecule has 0 atom stereocenters. The van der Waals surface area contributed by atoms with Crippen molar-refractivity contribution in [3.05, 3.63) is 47.3 Å². The van der Waals surface area contributed by atoms with E-state index < -0.39 is 0 Å². The van der Waals surface area contributed by atoms with Gasteiger partial charge in [-0.15, -0.1) is 0 Å². The van der Waals surface area contributed by atoms with Gasteiger partial charge in [0.15, 0.2) is 23.9 Å². The smallest absolute Gasteiger partial charge is 0.231 e. The summed E-state index contributed by atoms with van der Waals surface area (Å²) in [7, 11) is 4.10. The van der Waals surface area contributed by atoms with E-state index in [9.17, 15) is 0 Å². The fourth-order valence-electron chi connectivity index (χ4n) is 2.43. The van der Waals surface area contributed by atoms with Crippen LogP contribution < -0.4 is 18.9 Å². The van der Waals surface area contributed by atoms with Crippen LogP contribution in [0.2, 0.25) is 0 Å². The molecule has 2 aliphatic rings. The van der Waals surface area contributed by atoms with E-state index in [1.165, 1.54) is 15.5 Å². The summed E-state index contributed by atoms with van der Waals surface area (Å²) >= 11 is 1.75. The Morgan fingerprint density at radius 2 is 1.90 bits per heavy atom. The second-order valence-electron chi connectivity index (χ2n) is 5.11. The number of hydrogen-bond acceptors (Lipinski definition) is 4. The molecule has 106 valence electrons. The van der Waals surface area contributed by atoms with E-state index in [0.29, 0.717) is 6.79 Å². The van der Waals surface area contributed by atoms with Gasteiger partial charge in [-0.1, -0.05) is 11.8 Å². The molecule has 0 unspecified atom stereocenters. The van der Waals surface area contributed by atoms with Crippen LogP contribution in [0.5, 0.6) is 11.5 Å². The molecular weight excluding hydrogens is 284 g/mol. The predicted octanol–water partition coefficient (Wildman–Crippen LogP) is 2.78. The molecule has 2 aromatic rings. The van der Waals surface area contributed by atoms with E-state index in [0.717, 1.165) is 17.2 Å². The van der Waals surface area contributed by atoms with Gasteiger partial charge in [0.1, 0.15) is 7.05 Å². The largest absolute Gasteiger partial charge is 0.454 e. The fourth-order valence-corrected chi connectivity index (χ4v) is 3.56. The number of benzene rings is 1. The Kier molecular flexibility index (Phi) is 2.82. The van der Waals surface area contributed by atoms with Crippen LogP contribution in [0.3, 0.4) is 0 Å². The third-order valence-electron chi connectivity index (χ3n) is 3.66. The zero-order valence-electron chi connectivity index (χ0n) is 11.9. The maximum absolute atomic E-state index is 5.46. The molecule has 0 bridgehead atoms. The number of aromatic nitrogens is 1. The summed E-state index contributed by atoms with van der Waals surface area (Å²) in [6.07, 6.45) is 6.29. The van der Waals surface area contributed by atoms with Gasteiger partial charge in [-0.05, 0) is 11.6 Å². The molecule has 0 amide bonds. The second-order valence-corrected chi connectivity index (χ2v) is 6.18. The van der Waals surface area contributed by atoms with Crippen molar-refractivity contribution < 1.29 is 14.0 Å². The Balaban J connectivity index is 1.69. The van der Waals surface area contributed by atoms with Gasteiger partial charge in [0, 0.05) is 36.2 Å². The van der Waals surface area contributed by atoms with E-state index in [1.807, 2.05) is 11.6 Å². The van der Waals surface area contributed by atoms with Crippen LogP contribution in [0.1, 0.15) is 5.56 Å². The molecular formula is C16H15N2O2S+. The fraction of sp³-hybridized carbons (Fsp3) is 0.188. The summed E-state index contributed by atoms with van der Waals surface area (Å²) in [4.78, 5) is 3.39. The Hall–Kier alpha value is -2.14. The van der Waals surface area contributed by atoms with Crippen molar-refractivity contribution in [3.63, 3.8) is 0 Å². The van der Waals surface area contributed by atoms with Crippen molar-refractivity contribution in [1.82, 2.24) is 0 Å². The molecule has 3 heterocycles. The summed E-state index contributed by atoms with van der Waals surface area (Å²) < 4.78 is 12.9. The lowest BCUT2D eigenvalue weighted by Gasteiger charge is -2.13. The maximum Gasteiger partial charge on any atom is 0.231 e. The molecule has 0 N–H and O–H groups in total. The summed E-state index contributed by atoms with van der Waals surface area (Å²) in [5.41, 5.74) is 2.35. The lowest BCUT2D eigenvalue weighted by Crippen LogP contribution is -2.25. The topological polar surface area (TPSA) is 25.6 Å². The number of rotatable bonds is 1. The van der Waals surface area contributed by atoms with Crippen molar-refractivity contribution in [2.75, 3.05) is 18.7 Å². The number of fused-ring (bicyclic) bond motifs is 2. The molecule has 4 nitrogen and oxygen atoms in total. The number of thioether (sulfide) groups is 1. The molecule has 21 heavy (non-hydrogen) atoms. The molecule has 1 aromatic carbocycles. The highest BCUT2D eigenvalue weighted by Gasteiger charge is 2.26. The van der Waals surface area contributed by atoms with Gasteiger partial charge >= 0.3 is 0 Å². The van der Waals surface area contributed by atoms with E-state index in [2.05, 4.69) is 54.7 Å². The summed E-state index contributed by atoms with van der Waals surface area (Å²) in [6, 6.07) is 8.33. The van der Waals surface area contributed by atoms with Crippen LogP contribution in [0.4, 0.5) is 5.69 Å². The first kappa shape index (κ1) is 12.6. The van der Waals surface area contributed by atoms with Crippen LogP contribution in [0.15, 0.2) is 46.6 Å². The maximum atomic E-state index is 5.46. The average Bonchev–Trinajstić information content (AvgIpc) is 3.05. The van der Waals surface area contributed by atoms with Gasteiger partial charge in [-0.3, -0.25) is 0 Å². The van der Waals surface area contributed by atoms with Crippen molar-refractivity contribution in [2.45, 2.75) is 4.90 Å². The molecule has 5 heteroatoms. The predicted molar refractivity (Wildman–Crippen MR) is 82.4 cm³/mol. The van der Waals surface area contributed by atoms with Crippen LogP contribution in [-0.4, -0.2) is 13.8 Å². The van der Waals surface area contributed by atoms with E-state index in [1.54, 1.807) is 11.8 Å². The number of aryl methyl sites for hydroxylation is 1. The van der Waals surface area contributed by atoms with Gasteiger partial charge in [0.2, 0.25) is 6.79 Å². The first-order valence-corrected chi connectivity index (χ1v) is 7.54. The molecule has 0 spiro atoms. The quantitative estimate of drug-likeness (QED) is 0.756. The number of pyridine rings is 1. The zero-order chi connectivity index (χ0) is 14.4. The summed E-state index contributed by atoms with van der Waals surface area (Å²) in [5.74, 6) is 1.66. The number of ether oxygens (including phenoxy) is 2. The Morgan fingerprint density at radius 3 is 2.67 bits per heavy atom. The van der Waals surface area contributed by atoms with E-state index in [-0.39, 0.29) is 0 Å². The number of hydrogen-bond donors (Lipinski definition) is 0. The average molecular weight is 299 g/mol. The van der Waals surface area contributed by atoms with Gasteiger partial charge < -0.3 is 14.4 Å². The standard InChI is InChI=1S/C16H15N2O2S/c1-17-5-3-11(4-6-17)7-16-18(2)12-8-13-14(20-10-19-13)9-15(12)21-16/h3-9H,10H2,1-2H3/q+1. The third kappa shape index (κ3) is 2.14. The Bertz CT molecular complexity index is 741. The molecule has 0 saturated carbocycles. The first-order chi connectivity index (χ1) is 10.2. The third-order valence-corrected chi connectivity index (χ3v) is 4.80. The molecule has 2 aliphatic heterocycles. The van der Waals surface area contributed by atoms with Crippen molar-refractivity contribution in [1.29, 1.82) is 0 Å². The highest BCUT2D eigenvalue weighted by Crippen LogP contribution is 2.50. The molecule has 0 fully saturated rings. The van der Waals surface area contributed by atoms with Crippen molar-refractivity contribution in [3.8, 4) is 11.5 Å². The minimum atomic E-state index is 0.316. The Morgan fingerprint density at radius 1 is 1.19 bits per heavy atom. The summed E-state index contributed by atoms with van der Waals surface area (Å²) in [6.45, 7) is 0.316. The molecule has 0 aliphatic carbocycles. The van der Waals surface area contributed by atoms with Gasteiger partial charge in [-0.2, -0.15) is 0 Å². The van der Waals surface area contributed by atoms with Gasteiger partial charge in [0.05, 0.1) is 10.7 Å². The minimum absolute atomic E-state index is 0.316. The molecule has 0 saturated heterocycles. The van der Waals surface area contributed by atoms with Gasteiger partial charge in [-0.25, -0.2) is 4.57 Å². The second kappa shape index (κ2) is 4.70. The molecule has 1 aromatic heterocycles. The van der Waals surface area contributed by atoms with Crippen LogP contribution in [0.25, 0.3) is 6.08 Å². The first-order valence-electron chi connectivity index (χ1n) is 6.73. The lowest BCUT2D eigenvalue weighted by molar-refractivity contribution is -0.671. The number of nitrogens with zero attached hydrogens (tertiary/aromatic N) is 2. The molecule has 0 radical (unpaired) electrons. The SMILES string of the molecule is CN1C(=Cc2cc[n+](C)cc2)Sc2cc3c(cc21)OCO3. The highest BCUT2D eigenvalue weighted by molar-refractivity contribution is 8.03. The highest BCUT2D eigenvalue weighted by atomic mass is 32.2. The number of anilines is 1. The summed E-state index contributed by atoms with van der Waals surface area (Å²) in [5, 5.41) is 1.20. The normalized spacial score (nSPS) is 17.4. The lowest BCUT2D eigenvalue weighted by atomic mass is 10.2. The van der Waals surface area contributed by atoms with Crippen LogP contribution in [-0.2, 0) is 7.05 Å².